The fourth-order valence-electron chi connectivity index (χ4n) is 2.74. The zero-order valence-electron chi connectivity index (χ0n) is 12.3. The molecule has 0 atom stereocenters. The largest absolute Gasteiger partial charge is 0.370 e. The number of hydrogen-bond donors (Lipinski definition) is 2. The van der Waals surface area contributed by atoms with Gasteiger partial charge in [-0.1, -0.05) is 30.3 Å². The quantitative estimate of drug-likeness (QED) is 0.888. The van der Waals surface area contributed by atoms with Crippen molar-refractivity contribution in [1.29, 1.82) is 0 Å². The molecule has 2 amide bonds. The Balaban J connectivity index is 1.73. The van der Waals surface area contributed by atoms with Crippen molar-refractivity contribution in [1.82, 2.24) is 5.32 Å². The van der Waals surface area contributed by atoms with Crippen LogP contribution in [0.1, 0.15) is 34.3 Å². The average molecular weight is 294 g/mol. The molecule has 0 saturated heterocycles. The summed E-state index contributed by atoms with van der Waals surface area (Å²) in [5, 5.41) is 2.83. The summed E-state index contributed by atoms with van der Waals surface area (Å²) in [7, 11) is 0. The number of nitrogens with two attached hydrogens (primary N) is 1. The van der Waals surface area contributed by atoms with Gasteiger partial charge in [-0.25, -0.2) is 0 Å². The van der Waals surface area contributed by atoms with Crippen LogP contribution in [0.25, 0.3) is 11.1 Å². The van der Waals surface area contributed by atoms with Crippen molar-refractivity contribution < 1.29 is 9.59 Å². The molecule has 3 rings (SSSR count). The minimum absolute atomic E-state index is 0.00588. The lowest BCUT2D eigenvalue weighted by atomic mass is 9.98. The summed E-state index contributed by atoms with van der Waals surface area (Å²) in [6, 6.07) is 14.2. The van der Waals surface area contributed by atoms with Crippen LogP contribution < -0.4 is 11.1 Å². The third-order valence-corrected chi connectivity index (χ3v) is 3.97. The Hall–Kier alpha value is -2.62. The summed E-state index contributed by atoms with van der Waals surface area (Å²) in [4.78, 5) is 22.3. The maximum atomic E-state index is 11.6. The number of benzene rings is 2. The highest BCUT2D eigenvalue weighted by Gasteiger charge is 2.18. The molecule has 0 saturated carbocycles. The molecular weight excluding hydrogens is 276 g/mol. The minimum atomic E-state index is -0.252. The number of carbonyl (C=O) groups excluding carboxylic acids is 2. The lowest BCUT2D eigenvalue weighted by Crippen LogP contribution is -2.12. The van der Waals surface area contributed by atoms with Crippen molar-refractivity contribution in [3.05, 3.63) is 59.2 Å². The topological polar surface area (TPSA) is 72.2 Å². The maximum Gasteiger partial charge on any atom is 0.251 e. The summed E-state index contributed by atoms with van der Waals surface area (Å²) >= 11 is 0. The number of amides is 2. The second-order valence-corrected chi connectivity index (χ2v) is 5.57. The van der Waals surface area contributed by atoms with Gasteiger partial charge >= 0.3 is 0 Å². The first-order valence-electron chi connectivity index (χ1n) is 7.42. The second-order valence-electron chi connectivity index (χ2n) is 5.57. The van der Waals surface area contributed by atoms with Crippen LogP contribution in [0.15, 0.2) is 42.5 Å². The molecule has 0 fully saturated rings. The molecule has 4 nitrogen and oxygen atoms in total. The van der Waals surface area contributed by atoms with Crippen LogP contribution in [0.3, 0.4) is 0 Å². The Morgan fingerprint density at radius 3 is 2.55 bits per heavy atom. The van der Waals surface area contributed by atoms with Crippen LogP contribution in [0.5, 0.6) is 0 Å². The van der Waals surface area contributed by atoms with Crippen molar-refractivity contribution in [3.8, 4) is 11.1 Å². The first kappa shape index (κ1) is 14.3. The van der Waals surface area contributed by atoms with E-state index < -0.39 is 0 Å². The molecule has 0 aromatic heterocycles. The van der Waals surface area contributed by atoms with Crippen molar-refractivity contribution >= 4 is 11.8 Å². The van der Waals surface area contributed by atoms with E-state index >= 15 is 0 Å². The van der Waals surface area contributed by atoms with Gasteiger partial charge in [0, 0.05) is 18.5 Å². The van der Waals surface area contributed by atoms with E-state index in [2.05, 4.69) is 35.6 Å². The molecular formula is C18H18N2O2. The van der Waals surface area contributed by atoms with E-state index in [0.29, 0.717) is 13.0 Å². The predicted octanol–water partition coefficient (Wildman–Crippen LogP) is 2.41. The van der Waals surface area contributed by atoms with Gasteiger partial charge in [-0.05, 0) is 47.2 Å². The SMILES string of the molecule is NC(=O)CCCc1ccc(-c2ccc3c(c2)CNC3=O)cc1. The van der Waals surface area contributed by atoms with Crippen molar-refractivity contribution in [2.45, 2.75) is 25.8 Å². The van der Waals surface area contributed by atoms with Gasteiger partial charge in [0.15, 0.2) is 0 Å². The Kier molecular flexibility index (Phi) is 3.92. The first-order chi connectivity index (χ1) is 10.6. The van der Waals surface area contributed by atoms with E-state index in [0.717, 1.165) is 35.1 Å². The smallest absolute Gasteiger partial charge is 0.251 e. The molecule has 0 radical (unpaired) electrons. The summed E-state index contributed by atoms with van der Waals surface area (Å²) in [5.74, 6) is -0.246. The van der Waals surface area contributed by atoms with Crippen LogP contribution in [-0.2, 0) is 17.8 Å². The van der Waals surface area contributed by atoms with Crippen LogP contribution in [-0.4, -0.2) is 11.8 Å². The number of primary amides is 1. The van der Waals surface area contributed by atoms with Gasteiger partial charge in [0.25, 0.3) is 5.91 Å². The minimum Gasteiger partial charge on any atom is -0.370 e. The van der Waals surface area contributed by atoms with E-state index in [1.165, 1.54) is 5.56 Å². The maximum absolute atomic E-state index is 11.6. The van der Waals surface area contributed by atoms with E-state index in [9.17, 15) is 9.59 Å². The Bertz CT molecular complexity index is 720. The fourth-order valence-corrected chi connectivity index (χ4v) is 2.74. The standard InChI is InChI=1S/C18H18N2O2/c19-17(21)3-1-2-12-4-6-13(7-5-12)14-8-9-16-15(10-14)11-20-18(16)22/h4-10H,1-3,11H2,(H2,19,21)(H,20,22). The summed E-state index contributed by atoms with van der Waals surface area (Å²) < 4.78 is 0. The molecule has 112 valence electrons. The molecule has 22 heavy (non-hydrogen) atoms. The van der Waals surface area contributed by atoms with Gasteiger partial charge < -0.3 is 11.1 Å². The Labute approximate surface area is 129 Å². The molecule has 2 aromatic carbocycles. The predicted molar refractivity (Wildman–Crippen MR) is 85.2 cm³/mol. The summed E-state index contributed by atoms with van der Waals surface area (Å²) in [6.07, 6.45) is 2.06. The number of rotatable bonds is 5. The Morgan fingerprint density at radius 1 is 1.09 bits per heavy atom. The van der Waals surface area contributed by atoms with Gasteiger partial charge in [-0.3, -0.25) is 9.59 Å². The highest BCUT2D eigenvalue weighted by Crippen LogP contribution is 2.25. The zero-order chi connectivity index (χ0) is 15.5. The number of carbonyl (C=O) groups is 2. The van der Waals surface area contributed by atoms with Crippen molar-refractivity contribution in [3.63, 3.8) is 0 Å². The van der Waals surface area contributed by atoms with Gasteiger partial charge in [-0.2, -0.15) is 0 Å². The number of hydrogen-bond acceptors (Lipinski definition) is 2. The van der Waals surface area contributed by atoms with Crippen molar-refractivity contribution in [2.75, 3.05) is 0 Å². The monoisotopic (exact) mass is 294 g/mol. The van der Waals surface area contributed by atoms with E-state index in [4.69, 9.17) is 5.73 Å². The van der Waals surface area contributed by atoms with Gasteiger partial charge in [0.2, 0.25) is 5.91 Å². The first-order valence-corrected chi connectivity index (χ1v) is 7.42. The molecule has 0 bridgehead atoms. The third-order valence-electron chi connectivity index (χ3n) is 3.97. The fraction of sp³-hybridized carbons (Fsp3) is 0.222. The average Bonchev–Trinajstić information content (AvgIpc) is 2.88. The summed E-state index contributed by atoms with van der Waals surface area (Å²) in [5.41, 5.74) is 10.4. The second kappa shape index (κ2) is 6.02. The third kappa shape index (κ3) is 3.01. The van der Waals surface area contributed by atoms with Crippen molar-refractivity contribution in [2.24, 2.45) is 5.73 Å². The zero-order valence-corrected chi connectivity index (χ0v) is 12.3. The number of nitrogens with one attached hydrogen (secondary N) is 1. The molecule has 0 aliphatic carbocycles. The molecule has 3 N–H and O–H groups in total. The highest BCUT2D eigenvalue weighted by atomic mass is 16.2. The van der Waals surface area contributed by atoms with Crippen LogP contribution in [0, 0.1) is 0 Å². The van der Waals surface area contributed by atoms with Gasteiger partial charge in [0.05, 0.1) is 0 Å². The number of fused-ring (bicyclic) bond motifs is 1. The lowest BCUT2D eigenvalue weighted by molar-refractivity contribution is -0.118. The number of aryl methyl sites for hydroxylation is 1. The van der Waals surface area contributed by atoms with E-state index in [1.807, 2.05) is 12.1 Å². The van der Waals surface area contributed by atoms with Crippen LogP contribution in [0.2, 0.25) is 0 Å². The van der Waals surface area contributed by atoms with E-state index in [-0.39, 0.29) is 11.8 Å². The normalized spacial score (nSPS) is 12.8. The van der Waals surface area contributed by atoms with Gasteiger partial charge in [0.1, 0.15) is 0 Å². The summed E-state index contributed by atoms with van der Waals surface area (Å²) in [6.45, 7) is 0.604. The molecule has 1 heterocycles. The van der Waals surface area contributed by atoms with Gasteiger partial charge in [-0.15, -0.1) is 0 Å². The lowest BCUT2D eigenvalue weighted by Gasteiger charge is -2.06. The molecule has 2 aromatic rings. The molecule has 1 aliphatic rings. The molecule has 0 spiro atoms. The van der Waals surface area contributed by atoms with E-state index in [1.54, 1.807) is 0 Å². The highest BCUT2D eigenvalue weighted by molar-refractivity contribution is 5.98. The van der Waals surface area contributed by atoms with Crippen LogP contribution >= 0.6 is 0 Å². The molecule has 0 unspecified atom stereocenters. The molecule has 1 aliphatic heterocycles. The van der Waals surface area contributed by atoms with Crippen LogP contribution in [0.4, 0.5) is 0 Å². The molecule has 4 heteroatoms. The Morgan fingerprint density at radius 2 is 1.82 bits per heavy atom.